The fraction of sp³-hybridized carbons (Fsp3) is 0.389. The van der Waals surface area contributed by atoms with Crippen molar-refractivity contribution in [3.8, 4) is 17.6 Å². The molecule has 7 heteroatoms. The highest BCUT2D eigenvalue weighted by Crippen LogP contribution is 2.40. The lowest BCUT2D eigenvalue weighted by Gasteiger charge is -2.28. The molecular weight excluding hydrogens is 357 g/mol. The van der Waals surface area contributed by atoms with Crippen molar-refractivity contribution in [1.82, 2.24) is 0 Å². The largest absolute Gasteiger partial charge is 0.474 e. The number of alkyl halides is 3. The lowest BCUT2D eigenvalue weighted by atomic mass is 9.98. The monoisotopic (exact) mass is 372 g/mol. The molecule has 0 saturated heterocycles. The topological polar surface area (TPSA) is 35.5 Å². The van der Waals surface area contributed by atoms with Gasteiger partial charge in [-0.3, -0.25) is 0 Å². The predicted molar refractivity (Wildman–Crippen MR) is 88.2 cm³/mol. The Kier molecular flexibility index (Phi) is 5.69. The first kappa shape index (κ1) is 19.2. The van der Waals surface area contributed by atoms with Gasteiger partial charge in [-0.1, -0.05) is 37.3 Å². The minimum Gasteiger partial charge on any atom is -0.474 e. The van der Waals surface area contributed by atoms with Gasteiger partial charge in [-0.15, -0.1) is 0 Å². The van der Waals surface area contributed by atoms with Crippen LogP contribution in [0.2, 0.25) is 5.02 Å². The molecular formula is C18H16ClF3O3. The minimum atomic E-state index is -4.78. The van der Waals surface area contributed by atoms with Crippen LogP contribution < -0.4 is 4.74 Å². The van der Waals surface area contributed by atoms with E-state index in [1.807, 2.05) is 13.8 Å². The van der Waals surface area contributed by atoms with Crippen LogP contribution in [0.25, 0.3) is 6.08 Å². The molecule has 1 atom stereocenters. The Morgan fingerprint density at radius 3 is 2.64 bits per heavy atom. The average molecular weight is 373 g/mol. The summed E-state index contributed by atoms with van der Waals surface area (Å²) in [5.74, 6) is 4.54. The third kappa shape index (κ3) is 4.49. The molecule has 1 unspecified atom stereocenters. The quantitative estimate of drug-likeness (QED) is 0.561. The van der Waals surface area contributed by atoms with Gasteiger partial charge in [0.05, 0.1) is 17.7 Å². The summed E-state index contributed by atoms with van der Waals surface area (Å²) in [4.78, 5) is 11.9. The van der Waals surface area contributed by atoms with Crippen LogP contribution >= 0.6 is 11.6 Å². The van der Waals surface area contributed by atoms with Crippen molar-refractivity contribution in [2.45, 2.75) is 33.1 Å². The molecule has 1 aromatic rings. The number of ether oxygens (including phenoxy) is 2. The molecule has 134 valence electrons. The van der Waals surface area contributed by atoms with Crippen LogP contribution in [0.1, 0.15) is 31.9 Å². The molecule has 0 bridgehead atoms. The molecule has 1 heterocycles. The number of fused-ring (bicyclic) bond motifs is 1. The second-order valence-corrected chi connectivity index (χ2v) is 6.09. The lowest BCUT2D eigenvalue weighted by Crippen LogP contribution is -2.41. The van der Waals surface area contributed by atoms with E-state index in [1.165, 1.54) is 19.1 Å². The molecule has 2 rings (SSSR count). The number of hydrogen-bond donors (Lipinski definition) is 0. The van der Waals surface area contributed by atoms with Crippen molar-refractivity contribution in [2.24, 2.45) is 5.92 Å². The normalized spacial score (nSPS) is 16.3. The third-order valence-corrected chi connectivity index (χ3v) is 3.43. The Morgan fingerprint density at radius 1 is 1.40 bits per heavy atom. The maximum atomic E-state index is 13.4. The maximum absolute atomic E-state index is 13.4. The van der Waals surface area contributed by atoms with E-state index in [0.29, 0.717) is 0 Å². The number of esters is 1. The van der Waals surface area contributed by atoms with Crippen LogP contribution in [-0.4, -0.2) is 24.9 Å². The Morgan fingerprint density at radius 2 is 2.08 bits per heavy atom. The molecule has 0 saturated carbocycles. The lowest BCUT2D eigenvalue weighted by molar-refractivity contribution is -0.187. The van der Waals surface area contributed by atoms with Crippen LogP contribution in [0, 0.1) is 17.8 Å². The van der Waals surface area contributed by atoms with Crippen molar-refractivity contribution in [2.75, 3.05) is 6.61 Å². The van der Waals surface area contributed by atoms with Crippen molar-refractivity contribution in [3.63, 3.8) is 0 Å². The molecule has 3 nitrogen and oxygen atoms in total. The zero-order valence-corrected chi connectivity index (χ0v) is 14.6. The summed E-state index contributed by atoms with van der Waals surface area (Å²) in [7, 11) is 0. The first-order valence-corrected chi connectivity index (χ1v) is 7.98. The number of hydrogen-bond acceptors (Lipinski definition) is 3. The molecule has 0 amide bonds. The Hall–Kier alpha value is -2.13. The second-order valence-electron chi connectivity index (χ2n) is 5.66. The zero-order chi connectivity index (χ0) is 18.8. The van der Waals surface area contributed by atoms with Gasteiger partial charge in [0.2, 0.25) is 6.10 Å². The number of benzene rings is 1. The summed E-state index contributed by atoms with van der Waals surface area (Å²) in [5, 5.41) is 0.278. The summed E-state index contributed by atoms with van der Waals surface area (Å²) in [6.07, 6.45) is -6.10. The van der Waals surface area contributed by atoms with Gasteiger partial charge in [0.25, 0.3) is 0 Å². The van der Waals surface area contributed by atoms with Crippen LogP contribution in [0.4, 0.5) is 13.2 Å². The standard InChI is InChI=1S/C18H16ClF3O3/c1-4-24-17(23)14-9-12-8-13(19)7-11(6-5-10(2)3)15(12)25-16(14)18(20,21)22/h7-10,16H,4H2,1-3H3. The molecule has 0 radical (unpaired) electrons. The van der Waals surface area contributed by atoms with Crippen molar-refractivity contribution >= 4 is 23.6 Å². The van der Waals surface area contributed by atoms with E-state index < -0.39 is 23.8 Å². The molecule has 1 aliphatic heterocycles. The number of carbonyl (C=O) groups excluding carboxylic acids is 1. The van der Waals surface area contributed by atoms with E-state index in [2.05, 4.69) is 11.8 Å². The first-order valence-electron chi connectivity index (χ1n) is 7.60. The van der Waals surface area contributed by atoms with Gasteiger partial charge < -0.3 is 9.47 Å². The SMILES string of the molecule is CCOC(=O)C1=Cc2cc(Cl)cc(C#CC(C)C)c2OC1C(F)(F)F. The molecule has 0 aromatic heterocycles. The summed E-state index contributed by atoms with van der Waals surface area (Å²) in [5.41, 5.74) is -0.124. The Bertz CT molecular complexity index is 770. The van der Waals surface area contributed by atoms with Gasteiger partial charge in [-0.25, -0.2) is 4.79 Å². The average Bonchev–Trinajstić information content (AvgIpc) is 2.50. The van der Waals surface area contributed by atoms with Crippen LogP contribution in [0.5, 0.6) is 5.75 Å². The van der Waals surface area contributed by atoms with Gasteiger partial charge in [0, 0.05) is 16.5 Å². The highest BCUT2D eigenvalue weighted by atomic mass is 35.5. The number of rotatable bonds is 2. The van der Waals surface area contributed by atoms with E-state index in [9.17, 15) is 18.0 Å². The van der Waals surface area contributed by atoms with Crippen LogP contribution in [0.3, 0.4) is 0 Å². The van der Waals surface area contributed by atoms with Crippen LogP contribution in [-0.2, 0) is 9.53 Å². The van der Waals surface area contributed by atoms with Gasteiger partial charge in [-0.05, 0) is 25.1 Å². The van der Waals surface area contributed by atoms with E-state index >= 15 is 0 Å². The molecule has 25 heavy (non-hydrogen) atoms. The third-order valence-electron chi connectivity index (χ3n) is 3.22. The fourth-order valence-corrected chi connectivity index (χ4v) is 2.44. The van der Waals surface area contributed by atoms with Crippen molar-refractivity contribution in [1.29, 1.82) is 0 Å². The first-order chi connectivity index (χ1) is 11.6. The van der Waals surface area contributed by atoms with E-state index in [-0.39, 0.29) is 34.4 Å². The number of carbonyl (C=O) groups is 1. The molecule has 0 fully saturated rings. The smallest absolute Gasteiger partial charge is 0.430 e. The summed E-state index contributed by atoms with van der Waals surface area (Å²) < 4.78 is 50.0. The summed E-state index contributed by atoms with van der Waals surface area (Å²) in [6, 6.07) is 2.86. The predicted octanol–water partition coefficient (Wildman–Crippen LogP) is 4.62. The summed E-state index contributed by atoms with van der Waals surface area (Å²) >= 11 is 6.02. The molecule has 0 aliphatic carbocycles. The zero-order valence-electron chi connectivity index (χ0n) is 13.8. The van der Waals surface area contributed by atoms with E-state index in [1.54, 1.807) is 0 Å². The highest BCUT2D eigenvalue weighted by molar-refractivity contribution is 6.31. The Labute approximate surface area is 148 Å². The van der Waals surface area contributed by atoms with Crippen LogP contribution in [0.15, 0.2) is 17.7 Å². The molecule has 0 N–H and O–H groups in total. The van der Waals surface area contributed by atoms with E-state index in [0.717, 1.165) is 6.08 Å². The molecule has 0 spiro atoms. The van der Waals surface area contributed by atoms with Gasteiger partial charge in [-0.2, -0.15) is 13.2 Å². The number of halogens is 4. The van der Waals surface area contributed by atoms with Gasteiger partial charge >= 0.3 is 12.1 Å². The van der Waals surface area contributed by atoms with Gasteiger partial charge in [0.15, 0.2) is 0 Å². The van der Waals surface area contributed by atoms with Crippen molar-refractivity contribution < 1.29 is 27.4 Å². The molecule has 1 aliphatic rings. The second kappa shape index (κ2) is 7.40. The van der Waals surface area contributed by atoms with Gasteiger partial charge in [0.1, 0.15) is 5.75 Å². The summed E-state index contributed by atoms with van der Waals surface area (Å²) in [6.45, 7) is 5.16. The Balaban J connectivity index is 2.61. The van der Waals surface area contributed by atoms with Crippen molar-refractivity contribution in [3.05, 3.63) is 33.9 Å². The van der Waals surface area contributed by atoms with E-state index in [4.69, 9.17) is 21.1 Å². The maximum Gasteiger partial charge on any atom is 0.430 e. The highest BCUT2D eigenvalue weighted by Gasteiger charge is 2.49. The fourth-order valence-electron chi connectivity index (χ4n) is 2.22. The minimum absolute atomic E-state index is 0.0160. The molecule has 1 aromatic carbocycles.